The van der Waals surface area contributed by atoms with Gasteiger partial charge in [-0.1, -0.05) is 44.2 Å². The van der Waals surface area contributed by atoms with Crippen LogP contribution in [0.5, 0.6) is 0 Å². The monoisotopic (exact) mass is 231 g/mol. The maximum atomic E-state index is 5.84. The predicted molar refractivity (Wildman–Crippen MR) is 72.1 cm³/mol. The van der Waals surface area contributed by atoms with Gasteiger partial charge in [0, 0.05) is 18.5 Å². The predicted octanol–water partition coefficient (Wildman–Crippen LogP) is 2.10. The van der Waals surface area contributed by atoms with Gasteiger partial charge in [-0.25, -0.2) is 0 Å². The Labute approximate surface area is 103 Å². The van der Waals surface area contributed by atoms with E-state index in [9.17, 15) is 0 Å². The van der Waals surface area contributed by atoms with Crippen molar-refractivity contribution in [1.82, 2.24) is 5.32 Å². The number of aliphatic imine (C=N–C) groups is 1. The summed E-state index contributed by atoms with van der Waals surface area (Å²) in [5, 5.41) is 3.29. The average Bonchev–Trinajstić information content (AvgIpc) is 3.07. The smallest absolute Gasteiger partial charge is 0.188 e. The summed E-state index contributed by atoms with van der Waals surface area (Å²) < 4.78 is 0. The fourth-order valence-electron chi connectivity index (χ4n) is 1.94. The molecule has 0 spiro atoms. The van der Waals surface area contributed by atoms with Gasteiger partial charge < -0.3 is 11.1 Å². The summed E-state index contributed by atoms with van der Waals surface area (Å²) in [7, 11) is 0. The van der Waals surface area contributed by atoms with Gasteiger partial charge in [0.2, 0.25) is 0 Å². The van der Waals surface area contributed by atoms with E-state index < -0.39 is 0 Å². The van der Waals surface area contributed by atoms with E-state index in [1.54, 1.807) is 0 Å². The van der Waals surface area contributed by atoms with Crippen LogP contribution in [0.3, 0.4) is 0 Å². The van der Waals surface area contributed by atoms with Gasteiger partial charge >= 0.3 is 0 Å². The molecule has 1 aromatic rings. The minimum absolute atomic E-state index is 0.466. The van der Waals surface area contributed by atoms with Gasteiger partial charge in [-0.15, -0.1) is 0 Å². The first-order valence-electron chi connectivity index (χ1n) is 6.28. The molecule has 2 unspecified atom stereocenters. The second-order valence-corrected chi connectivity index (χ2v) is 5.12. The van der Waals surface area contributed by atoms with E-state index in [0.29, 0.717) is 23.8 Å². The molecule has 2 rings (SSSR count). The molecule has 3 N–H and O–H groups in total. The van der Waals surface area contributed by atoms with Crippen LogP contribution >= 0.6 is 0 Å². The Balaban J connectivity index is 1.82. The Hall–Kier alpha value is -1.51. The lowest BCUT2D eigenvalue weighted by Gasteiger charge is -2.06. The Bertz CT molecular complexity index is 384. The van der Waals surface area contributed by atoms with Crippen LogP contribution in [0.1, 0.15) is 31.7 Å². The number of guanidine groups is 1. The standard InChI is InChI=1S/C14H21N3/c1-10(2)9-16-14(15)17-13-8-12(13)11-6-4-3-5-7-11/h3-7,10,12-13H,8-9H2,1-2H3,(H3,15,16,17). The lowest BCUT2D eigenvalue weighted by atomic mass is 10.1. The van der Waals surface area contributed by atoms with Crippen molar-refractivity contribution in [3.8, 4) is 0 Å². The van der Waals surface area contributed by atoms with Crippen molar-refractivity contribution in [2.24, 2.45) is 16.6 Å². The first-order valence-corrected chi connectivity index (χ1v) is 6.28. The van der Waals surface area contributed by atoms with Crippen LogP contribution in [0, 0.1) is 5.92 Å². The number of nitrogens with two attached hydrogens (primary N) is 1. The zero-order chi connectivity index (χ0) is 12.3. The van der Waals surface area contributed by atoms with E-state index in [0.717, 1.165) is 13.0 Å². The van der Waals surface area contributed by atoms with Crippen LogP contribution in [0.4, 0.5) is 0 Å². The molecular formula is C14H21N3. The summed E-state index contributed by atoms with van der Waals surface area (Å²) >= 11 is 0. The van der Waals surface area contributed by atoms with E-state index in [2.05, 4.69) is 48.4 Å². The SMILES string of the molecule is CC(C)CN=C(N)NC1CC1c1ccccc1. The van der Waals surface area contributed by atoms with E-state index in [-0.39, 0.29) is 0 Å². The lowest BCUT2D eigenvalue weighted by Crippen LogP contribution is -2.34. The molecule has 0 aliphatic heterocycles. The summed E-state index contributed by atoms with van der Waals surface area (Å²) in [6.45, 7) is 5.07. The molecule has 1 aromatic carbocycles. The first kappa shape index (κ1) is 12.0. The van der Waals surface area contributed by atoms with E-state index in [1.165, 1.54) is 5.56 Å². The number of hydrogen-bond acceptors (Lipinski definition) is 1. The van der Waals surface area contributed by atoms with Gasteiger partial charge in [-0.05, 0) is 17.9 Å². The van der Waals surface area contributed by atoms with Crippen LogP contribution in [-0.2, 0) is 0 Å². The summed E-state index contributed by atoms with van der Waals surface area (Å²) in [6, 6.07) is 11.0. The quantitative estimate of drug-likeness (QED) is 0.616. The lowest BCUT2D eigenvalue weighted by molar-refractivity contribution is 0.660. The highest BCUT2D eigenvalue weighted by Gasteiger charge is 2.38. The van der Waals surface area contributed by atoms with Gasteiger partial charge in [0.15, 0.2) is 5.96 Å². The van der Waals surface area contributed by atoms with Crippen molar-refractivity contribution in [2.45, 2.75) is 32.2 Å². The molecule has 0 amide bonds. The van der Waals surface area contributed by atoms with Gasteiger partial charge in [0.1, 0.15) is 0 Å². The minimum atomic E-state index is 0.466. The van der Waals surface area contributed by atoms with Crippen LogP contribution < -0.4 is 11.1 Å². The highest BCUT2D eigenvalue weighted by Crippen LogP contribution is 2.40. The summed E-state index contributed by atoms with van der Waals surface area (Å²) in [6.07, 6.45) is 1.15. The molecule has 0 radical (unpaired) electrons. The third-order valence-corrected chi connectivity index (χ3v) is 2.98. The summed E-state index contributed by atoms with van der Waals surface area (Å²) in [4.78, 5) is 4.32. The fraction of sp³-hybridized carbons (Fsp3) is 0.500. The topological polar surface area (TPSA) is 50.4 Å². The summed E-state index contributed by atoms with van der Waals surface area (Å²) in [5.41, 5.74) is 7.23. The number of rotatable bonds is 4. The molecular weight excluding hydrogens is 210 g/mol. The number of benzene rings is 1. The largest absolute Gasteiger partial charge is 0.370 e. The van der Waals surface area contributed by atoms with E-state index in [4.69, 9.17) is 5.73 Å². The van der Waals surface area contributed by atoms with Gasteiger partial charge in [0.05, 0.1) is 0 Å². The molecule has 17 heavy (non-hydrogen) atoms. The normalized spacial score (nSPS) is 23.8. The molecule has 0 aromatic heterocycles. The van der Waals surface area contributed by atoms with Crippen molar-refractivity contribution < 1.29 is 0 Å². The Morgan fingerprint density at radius 2 is 2.12 bits per heavy atom. The molecule has 1 aliphatic rings. The van der Waals surface area contributed by atoms with E-state index in [1.807, 2.05) is 6.07 Å². The van der Waals surface area contributed by atoms with Gasteiger partial charge in [-0.2, -0.15) is 0 Å². The van der Waals surface area contributed by atoms with Crippen molar-refractivity contribution in [3.05, 3.63) is 35.9 Å². The van der Waals surface area contributed by atoms with Crippen LogP contribution in [0.2, 0.25) is 0 Å². The Kier molecular flexibility index (Phi) is 3.67. The second kappa shape index (κ2) is 5.21. The number of hydrogen-bond donors (Lipinski definition) is 2. The van der Waals surface area contributed by atoms with Crippen molar-refractivity contribution in [1.29, 1.82) is 0 Å². The highest BCUT2D eigenvalue weighted by atomic mass is 15.1. The molecule has 0 saturated heterocycles. The zero-order valence-electron chi connectivity index (χ0n) is 10.6. The third-order valence-electron chi connectivity index (χ3n) is 2.98. The van der Waals surface area contributed by atoms with Gasteiger partial charge in [-0.3, -0.25) is 4.99 Å². The molecule has 3 nitrogen and oxygen atoms in total. The Morgan fingerprint density at radius 3 is 2.76 bits per heavy atom. The van der Waals surface area contributed by atoms with Crippen molar-refractivity contribution in [3.63, 3.8) is 0 Å². The molecule has 0 bridgehead atoms. The maximum absolute atomic E-state index is 5.84. The van der Waals surface area contributed by atoms with Crippen LogP contribution in [0.15, 0.2) is 35.3 Å². The van der Waals surface area contributed by atoms with E-state index >= 15 is 0 Å². The maximum Gasteiger partial charge on any atom is 0.188 e. The van der Waals surface area contributed by atoms with Crippen molar-refractivity contribution in [2.75, 3.05) is 6.54 Å². The molecule has 0 heterocycles. The molecule has 1 aliphatic carbocycles. The number of nitrogens with one attached hydrogen (secondary N) is 1. The van der Waals surface area contributed by atoms with Crippen LogP contribution in [0.25, 0.3) is 0 Å². The Morgan fingerprint density at radius 1 is 1.41 bits per heavy atom. The molecule has 92 valence electrons. The summed E-state index contributed by atoms with van der Waals surface area (Å²) in [5.74, 6) is 1.74. The molecule has 1 fully saturated rings. The van der Waals surface area contributed by atoms with Crippen LogP contribution in [-0.4, -0.2) is 18.5 Å². The highest BCUT2D eigenvalue weighted by molar-refractivity contribution is 5.78. The number of nitrogens with zero attached hydrogens (tertiary/aromatic N) is 1. The zero-order valence-corrected chi connectivity index (χ0v) is 10.6. The molecule has 2 atom stereocenters. The minimum Gasteiger partial charge on any atom is -0.370 e. The molecule has 1 saturated carbocycles. The second-order valence-electron chi connectivity index (χ2n) is 5.12. The molecule has 3 heteroatoms. The first-order chi connectivity index (χ1) is 8.16. The van der Waals surface area contributed by atoms with Crippen molar-refractivity contribution >= 4 is 5.96 Å². The van der Waals surface area contributed by atoms with Gasteiger partial charge in [0.25, 0.3) is 0 Å². The average molecular weight is 231 g/mol. The fourth-order valence-corrected chi connectivity index (χ4v) is 1.94. The third kappa shape index (κ3) is 3.48.